The minimum absolute atomic E-state index is 0.647. The smallest absolute Gasteiger partial charge is 0.121 e. The van der Waals surface area contributed by atoms with E-state index in [9.17, 15) is 0 Å². The first-order valence-corrected chi connectivity index (χ1v) is 5.44. The predicted molar refractivity (Wildman–Crippen MR) is 67.5 cm³/mol. The Morgan fingerprint density at radius 3 is 2.56 bits per heavy atom. The lowest BCUT2D eigenvalue weighted by atomic mass is 10.0. The number of anilines is 1. The maximum absolute atomic E-state index is 6.12. The molecule has 0 atom stereocenters. The van der Waals surface area contributed by atoms with Gasteiger partial charge in [-0.05, 0) is 31.0 Å². The van der Waals surface area contributed by atoms with Crippen molar-refractivity contribution >= 4 is 17.4 Å². The van der Waals surface area contributed by atoms with E-state index in [1.807, 2.05) is 39.1 Å². The van der Waals surface area contributed by atoms with Gasteiger partial charge in [-0.2, -0.15) is 5.10 Å². The Morgan fingerprint density at radius 2 is 2.00 bits per heavy atom. The van der Waals surface area contributed by atoms with E-state index in [0.717, 1.165) is 27.4 Å². The SMILES string of the molecule is Cc1ccc(Cl)c(C)c1-c1cc(N)n(C)n1. The lowest BCUT2D eigenvalue weighted by molar-refractivity contribution is 0.782. The molecule has 0 spiro atoms. The first-order chi connectivity index (χ1) is 7.50. The quantitative estimate of drug-likeness (QED) is 0.826. The second kappa shape index (κ2) is 3.83. The van der Waals surface area contributed by atoms with Gasteiger partial charge in [0, 0.05) is 23.7 Å². The van der Waals surface area contributed by atoms with Crippen LogP contribution >= 0.6 is 11.6 Å². The lowest BCUT2D eigenvalue weighted by Crippen LogP contribution is -1.97. The summed E-state index contributed by atoms with van der Waals surface area (Å²) in [5.41, 5.74) is 9.92. The number of aromatic nitrogens is 2. The fraction of sp³-hybridized carbons (Fsp3) is 0.250. The van der Waals surface area contributed by atoms with Crippen LogP contribution in [0.3, 0.4) is 0 Å². The van der Waals surface area contributed by atoms with E-state index < -0.39 is 0 Å². The summed E-state index contributed by atoms with van der Waals surface area (Å²) in [5, 5.41) is 5.13. The van der Waals surface area contributed by atoms with Gasteiger partial charge in [0.1, 0.15) is 5.82 Å². The fourth-order valence-electron chi connectivity index (χ4n) is 1.82. The van der Waals surface area contributed by atoms with E-state index in [1.165, 1.54) is 0 Å². The first-order valence-electron chi connectivity index (χ1n) is 5.06. The molecule has 0 radical (unpaired) electrons. The van der Waals surface area contributed by atoms with E-state index in [2.05, 4.69) is 5.10 Å². The van der Waals surface area contributed by atoms with Crippen molar-refractivity contribution in [3.05, 3.63) is 34.3 Å². The second-order valence-electron chi connectivity index (χ2n) is 3.94. The molecule has 4 heteroatoms. The van der Waals surface area contributed by atoms with Crippen LogP contribution in [-0.2, 0) is 7.05 Å². The summed E-state index contributed by atoms with van der Waals surface area (Å²) in [4.78, 5) is 0. The molecule has 16 heavy (non-hydrogen) atoms. The monoisotopic (exact) mass is 235 g/mol. The molecule has 0 aliphatic heterocycles. The van der Waals surface area contributed by atoms with Crippen LogP contribution < -0.4 is 5.73 Å². The van der Waals surface area contributed by atoms with Crippen molar-refractivity contribution < 1.29 is 0 Å². The molecule has 1 aromatic heterocycles. The third-order valence-corrected chi connectivity index (χ3v) is 3.19. The molecule has 0 aliphatic carbocycles. The molecule has 1 aromatic carbocycles. The number of nitrogens with zero attached hydrogens (tertiary/aromatic N) is 2. The minimum Gasteiger partial charge on any atom is -0.384 e. The summed E-state index contributed by atoms with van der Waals surface area (Å²) in [6.07, 6.45) is 0. The molecule has 0 unspecified atom stereocenters. The van der Waals surface area contributed by atoms with Gasteiger partial charge in [0.05, 0.1) is 5.69 Å². The van der Waals surface area contributed by atoms with E-state index in [-0.39, 0.29) is 0 Å². The van der Waals surface area contributed by atoms with Crippen molar-refractivity contribution in [2.24, 2.45) is 7.05 Å². The number of nitrogen functional groups attached to an aromatic ring is 1. The average molecular weight is 236 g/mol. The maximum Gasteiger partial charge on any atom is 0.121 e. The molecule has 3 nitrogen and oxygen atoms in total. The highest BCUT2D eigenvalue weighted by Gasteiger charge is 2.12. The standard InChI is InChI=1S/C12H14ClN3/c1-7-4-5-9(13)8(2)12(7)10-6-11(14)16(3)15-10/h4-6H,14H2,1-3H3. The van der Waals surface area contributed by atoms with Crippen LogP contribution in [0.4, 0.5) is 5.82 Å². The number of hydrogen-bond donors (Lipinski definition) is 1. The third kappa shape index (κ3) is 1.67. The molecule has 0 saturated carbocycles. The van der Waals surface area contributed by atoms with Crippen LogP contribution in [-0.4, -0.2) is 9.78 Å². The van der Waals surface area contributed by atoms with Gasteiger partial charge < -0.3 is 5.73 Å². The second-order valence-corrected chi connectivity index (χ2v) is 4.35. The van der Waals surface area contributed by atoms with E-state index in [1.54, 1.807) is 4.68 Å². The zero-order valence-electron chi connectivity index (χ0n) is 9.58. The summed E-state index contributed by atoms with van der Waals surface area (Å²) in [6.45, 7) is 4.04. The molecule has 2 aromatic rings. The van der Waals surface area contributed by atoms with Crippen molar-refractivity contribution in [1.82, 2.24) is 9.78 Å². The molecule has 2 N–H and O–H groups in total. The molecular weight excluding hydrogens is 222 g/mol. The molecule has 0 aliphatic rings. The summed E-state index contributed by atoms with van der Waals surface area (Å²) < 4.78 is 1.66. The van der Waals surface area contributed by atoms with Gasteiger partial charge >= 0.3 is 0 Å². The van der Waals surface area contributed by atoms with Crippen LogP contribution in [0.15, 0.2) is 18.2 Å². The number of aryl methyl sites for hydroxylation is 2. The Hall–Kier alpha value is -1.48. The Labute approximate surface area is 99.8 Å². The number of hydrogen-bond acceptors (Lipinski definition) is 2. The summed E-state index contributed by atoms with van der Waals surface area (Å²) >= 11 is 6.12. The van der Waals surface area contributed by atoms with Gasteiger partial charge in [-0.15, -0.1) is 0 Å². The van der Waals surface area contributed by atoms with Gasteiger partial charge in [-0.25, -0.2) is 0 Å². The third-order valence-electron chi connectivity index (χ3n) is 2.78. The molecule has 0 amide bonds. The van der Waals surface area contributed by atoms with Gasteiger partial charge in [-0.3, -0.25) is 4.68 Å². The van der Waals surface area contributed by atoms with Gasteiger partial charge in [0.15, 0.2) is 0 Å². The molecule has 0 bridgehead atoms. The minimum atomic E-state index is 0.647. The van der Waals surface area contributed by atoms with Crippen molar-refractivity contribution in [2.75, 3.05) is 5.73 Å². The Balaban J connectivity index is 2.68. The van der Waals surface area contributed by atoms with Crippen molar-refractivity contribution in [1.29, 1.82) is 0 Å². The number of halogens is 1. The number of nitrogens with two attached hydrogens (primary N) is 1. The topological polar surface area (TPSA) is 43.8 Å². The zero-order valence-corrected chi connectivity index (χ0v) is 10.3. The zero-order chi connectivity index (χ0) is 11.9. The lowest BCUT2D eigenvalue weighted by Gasteiger charge is -2.08. The van der Waals surface area contributed by atoms with E-state index >= 15 is 0 Å². The maximum atomic E-state index is 6.12. The molecule has 0 fully saturated rings. The van der Waals surface area contributed by atoms with Crippen molar-refractivity contribution in [3.63, 3.8) is 0 Å². The van der Waals surface area contributed by atoms with Crippen LogP contribution in [0, 0.1) is 13.8 Å². The number of benzene rings is 1. The van der Waals surface area contributed by atoms with Crippen molar-refractivity contribution in [2.45, 2.75) is 13.8 Å². The highest BCUT2D eigenvalue weighted by molar-refractivity contribution is 6.31. The highest BCUT2D eigenvalue weighted by Crippen LogP contribution is 2.31. The predicted octanol–water partition coefficient (Wildman–Crippen LogP) is 2.94. The van der Waals surface area contributed by atoms with Crippen LogP contribution in [0.2, 0.25) is 5.02 Å². The first kappa shape index (κ1) is 11.0. The summed E-state index contributed by atoms with van der Waals surface area (Å²) in [5.74, 6) is 0.647. The number of rotatable bonds is 1. The van der Waals surface area contributed by atoms with Gasteiger partial charge in [-0.1, -0.05) is 17.7 Å². The normalized spacial score (nSPS) is 10.8. The Kier molecular flexibility index (Phi) is 2.64. The van der Waals surface area contributed by atoms with Gasteiger partial charge in [0.2, 0.25) is 0 Å². The largest absolute Gasteiger partial charge is 0.384 e. The Morgan fingerprint density at radius 1 is 1.31 bits per heavy atom. The molecule has 2 rings (SSSR count). The van der Waals surface area contributed by atoms with E-state index in [4.69, 9.17) is 17.3 Å². The van der Waals surface area contributed by atoms with Crippen molar-refractivity contribution in [3.8, 4) is 11.3 Å². The van der Waals surface area contributed by atoms with Crippen LogP contribution in [0.5, 0.6) is 0 Å². The van der Waals surface area contributed by atoms with Crippen LogP contribution in [0.1, 0.15) is 11.1 Å². The van der Waals surface area contributed by atoms with Gasteiger partial charge in [0.25, 0.3) is 0 Å². The molecule has 84 valence electrons. The molecule has 1 heterocycles. The Bertz CT molecular complexity index is 524. The fourth-order valence-corrected chi connectivity index (χ4v) is 1.98. The molecule has 0 saturated heterocycles. The molecular formula is C12H14ClN3. The summed E-state index contributed by atoms with van der Waals surface area (Å²) in [7, 11) is 1.83. The average Bonchev–Trinajstić information content (AvgIpc) is 2.54. The van der Waals surface area contributed by atoms with E-state index in [0.29, 0.717) is 5.82 Å². The highest BCUT2D eigenvalue weighted by atomic mass is 35.5. The summed E-state index contributed by atoms with van der Waals surface area (Å²) in [6, 6.07) is 5.77. The van der Waals surface area contributed by atoms with Crippen LogP contribution in [0.25, 0.3) is 11.3 Å².